The van der Waals surface area contributed by atoms with E-state index in [1.165, 1.54) is 12.8 Å². The van der Waals surface area contributed by atoms with Crippen molar-refractivity contribution in [2.45, 2.75) is 95.4 Å². The number of hydrogen-bond acceptors (Lipinski definition) is 10. The van der Waals surface area contributed by atoms with Gasteiger partial charge in [0, 0.05) is 56.1 Å². The summed E-state index contributed by atoms with van der Waals surface area (Å²) in [5, 5.41) is 5.99. The Hall–Kier alpha value is -7.30. The lowest BCUT2D eigenvalue weighted by Crippen LogP contribution is -2.66. The minimum atomic E-state index is -0.677. The molecule has 4 N–H and O–H groups in total. The standard InChI is InChI=1S/C30H36N4O4.C28H34N4O4/c1-21-5-3-4-6-26(21)30(38-17-23-7-8-23)18-34(19-30)29(36)27(15-22-9-12-25(37-2)13-10-22)33-28(35)14-11-24-16-31-20-32-24;1-4-36-28(24-8-6-5-7-20(24)2)17-32(18-28)27(34)25(15-21-9-12-23(35-3)13-10-21)31-26(33)14-11-22-16-29-19-30-22/h3-6,9-10,12-13,16,20,23,27H,7-8,11,14-15,17-19H2,1-2H3,(H,31,32)(H,33,35);5-10,12-13,16,19,25H,4,11,14-15,17-18H2,1-3H3,(H,29,30)(H,31,33)/t27-;25-/m00/s1. The average Bonchev–Trinajstić information content (AvgIpc) is 3.78. The number of hydrogen-bond donors (Lipinski definition) is 4. The molecule has 2 aliphatic heterocycles. The van der Waals surface area contributed by atoms with Gasteiger partial charge in [-0.3, -0.25) is 19.2 Å². The van der Waals surface area contributed by atoms with Crippen molar-refractivity contribution in [1.29, 1.82) is 0 Å². The number of benzene rings is 4. The van der Waals surface area contributed by atoms with E-state index in [2.05, 4.69) is 68.7 Å². The Labute approximate surface area is 434 Å². The summed E-state index contributed by atoms with van der Waals surface area (Å²) in [6.07, 6.45) is 11.4. The summed E-state index contributed by atoms with van der Waals surface area (Å²) in [6, 6.07) is 30.2. The van der Waals surface area contributed by atoms with Crippen LogP contribution in [0, 0.1) is 19.8 Å². The maximum absolute atomic E-state index is 13.8. The van der Waals surface area contributed by atoms with E-state index in [-0.39, 0.29) is 36.5 Å². The lowest BCUT2D eigenvalue weighted by molar-refractivity contribution is -0.176. The van der Waals surface area contributed by atoms with E-state index in [9.17, 15) is 19.2 Å². The predicted octanol–water partition coefficient (Wildman–Crippen LogP) is 6.71. The summed E-state index contributed by atoms with van der Waals surface area (Å²) in [7, 11) is 3.24. The number of methoxy groups -OCH3 is 2. The van der Waals surface area contributed by atoms with E-state index in [1.807, 2.05) is 84.6 Å². The molecule has 16 heteroatoms. The van der Waals surface area contributed by atoms with Gasteiger partial charge in [-0.15, -0.1) is 0 Å². The van der Waals surface area contributed by atoms with Crippen LogP contribution in [0.15, 0.2) is 122 Å². The first-order chi connectivity index (χ1) is 35.9. The predicted molar refractivity (Wildman–Crippen MR) is 280 cm³/mol. The van der Waals surface area contributed by atoms with E-state index >= 15 is 0 Å². The fourth-order valence-electron chi connectivity index (χ4n) is 9.85. The molecule has 6 aromatic rings. The van der Waals surface area contributed by atoms with Crippen LogP contribution < -0.4 is 20.1 Å². The topological polar surface area (TPSA) is 193 Å². The van der Waals surface area contributed by atoms with Gasteiger partial charge in [-0.2, -0.15) is 0 Å². The summed E-state index contributed by atoms with van der Waals surface area (Å²) in [5.41, 5.74) is 7.18. The van der Waals surface area contributed by atoms with Crippen LogP contribution in [0.4, 0.5) is 0 Å². The van der Waals surface area contributed by atoms with Gasteiger partial charge in [-0.25, -0.2) is 9.97 Å². The lowest BCUT2D eigenvalue weighted by atomic mass is 9.82. The molecule has 0 radical (unpaired) electrons. The van der Waals surface area contributed by atoms with Gasteiger partial charge in [-0.1, -0.05) is 72.8 Å². The number of nitrogens with one attached hydrogen (secondary N) is 4. The molecular weight excluding hydrogens is 937 g/mol. The largest absolute Gasteiger partial charge is 0.497 e. The first kappa shape index (κ1) is 53.0. The van der Waals surface area contributed by atoms with Crippen molar-refractivity contribution in [3.8, 4) is 11.5 Å². The van der Waals surface area contributed by atoms with Crippen LogP contribution in [0.2, 0.25) is 0 Å². The molecule has 390 valence electrons. The monoisotopic (exact) mass is 1010 g/mol. The number of ether oxygens (including phenoxy) is 4. The van der Waals surface area contributed by atoms with E-state index in [4.69, 9.17) is 18.9 Å². The van der Waals surface area contributed by atoms with Gasteiger partial charge in [0.1, 0.15) is 34.8 Å². The summed E-state index contributed by atoms with van der Waals surface area (Å²) in [5.74, 6) is 1.58. The van der Waals surface area contributed by atoms with Crippen molar-refractivity contribution >= 4 is 23.6 Å². The number of imidazole rings is 2. The molecule has 4 amide bonds. The zero-order valence-electron chi connectivity index (χ0n) is 43.2. The number of carbonyl (C=O) groups excluding carboxylic acids is 4. The molecule has 74 heavy (non-hydrogen) atoms. The van der Waals surface area contributed by atoms with E-state index in [0.29, 0.717) is 64.4 Å². The Kier molecular flexibility index (Phi) is 17.6. The van der Waals surface area contributed by atoms with Gasteiger partial charge in [0.2, 0.25) is 23.6 Å². The Morgan fingerprint density at radius 2 is 1.04 bits per heavy atom. The number of amides is 4. The average molecular weight is 1010 g/mol. The molecule has 3 fully saturated rings. The third-order valence-corrected chi connectivity index (χ3v) is 14.2. The summed E-state index contributed by atoms with van der Waals surface area (Å²) < 4.78 is 23.2. The van der Waals surface area contributed by atoms with Crippen LogP contribution in [-0.4, -0.2) is 119 Å². The van der Waals surface area contributed by atoms with Gasteiger partial charge in [0.15, 0.2) is 0 Å². The van der Waals surface area contributed by atoms with E-state index in [1.54, 1.807) is 44.2 Å². The fraction of sp³-hybridized carbons (Fsp3) is 0.414. The van der Waals surface area contributed by atoms with Gasteiger partial charge in [0.05, 0.1) is 59.7 Å². The molecule has 3 aliphatic rings. The summed E-state index contributed by atoms with van der Waals surface area (Å²) in [6.45, 7) is 9.25. The zero-order chi connectivity index (χ0) is 52.1. The summed E-state index contributed by atoms with van der Waals surface area (Å²) in [4.78, 5) is 70.8. The Balaban J connectivity index is 0.000000197. The molecule has 1 saturated carbocycles. The molecule has 4 aromatic carbocycles. The minimum absolute atomic E-state index is 0.0880. The van der Waals surface area contributed by atoms with Crippen molar-refractivity contribution in [2.75, 3.05) is 53.6 Å². The smallest absolute Gasteiger partial charge is 0.245 e. The number of rotatable bonds is 23. The van der Waals surface area contributed by atoms with Crippen LogP contribution in [0.5, 0.6) is 11.5 Å². The van der Waals surface area contributed by atoms with Gasteiger partial charge < -0.3 is 49.3 Å². The Morgan fingerprint density at radius 1 is 0.622 bits per heavy atom. The highest BCUT2D eigenvalue weighted by Gasteiger charge is 2.51. The third-order valence-electron chi connectivity index (χ3n) is 14.2. The molecule has 9 rings (SSSR count). The second kappa shape index (κ2) is 24.6. The second-order valence-electron chi connectivity index (χ2n) is 19.7. The molecule has 4 heterocycles. The van der Waals surface area contributed by atoms with Crippen LogP contribution >= 0.6 is 0 Å². The molecule has 2 aromatic heterocycles. The first-order valence-corrected chi connectivity index (χ1v) is 25.7. The number of carbonyl (C=O) groups is 4. The number of nitrogens with zero attached hydrogens (tertiary/aromatic N) is 4. The maximum atomic E-state index is 13.8. The van der Waals surface area contributed by atoms with E-state index < -0.39 is 23.3 Å². The molecule has 16 nitrogen and oxygen atoms in total. The van der Waals surface area contributed by atoms with Crippen LogP contribution in [0.1, 0.15) is 77.4 Å². The van der Waals surface area contributed by atoms with E-state index in [0.717, 1.165) is 62.9 Å². The van der Waals surface area contributed by atoms with Gasteiger partial charge in [0.25, 0.3) is 0 Å². The quantitative estimate of drug-likeness (QED) is 0.0536. The molecule has 0 bridgehead atoms. The maximum Gasteiger partial charge on any atom is 0.245 e. The number of aromatic amines is 2. The molecule has 2 saturated heterocycles. The number of aromatic nitrogens is 4. The molecule has 1 aliphatic carbocycles. The van der Waals surface area contributed by atoms with Crippen molar-refractivity contribution in [2.24, 2.45) is 5.92 Å². The second-order valence-corrected chi connectivity index (χ2v) is 19.7. The molecule has 2 atom stereocenters. The minimum Gasteiger partial charge on any atom is -0.497 e. The van der Waals surface area contributed by atoms with Gasteiger partial charge in [-0.05, 0) is 110 Å². The fourth-order valence-corrected chi connectivity index (χ4v) is 9.85. The molecule has 0 unspecified atom stereocenters. The van der Waals surface area contributed by atoms with Gasteiger partial charge >= 0.3 is 0 Å². The molecule has 0 spiro atoms. The van der Waals surface area contributed by atoms with Crippen LogP contribution in [0.25, 0.3) is 0 Å². The lowest BCUT2D eigenvalue weighted by Gasteiger charge is -2.51. The SMILES string of the molecule is CCOC1(c2ccccc2C)CN(C(=O)[C@H](Cc2ccc(OC)cc2)NC(=O)CCc2cnc[nH]2)C1.COc1ccc(C[C@H](NC(=O)CCc2cnc[nH]2)C(=O)N2CC(OCC3CC3)(c3ccccc3C)C2)cc1. The number of likely N-dealkylation sites (tertiary alicyclic amines) is 2. The third kappa shape index (κ3) is 13.5. The van der Waals surface area contributed by atoms with Crippen molar-refractivity contribution in [1.82, 2.24) is 40.4 Å². The number of aryl methyl sites for hydroxylation is 4. The number of H-pyrrole nitrogens is 2. The first-order valence-electron chi connectivity index (χ1n) is 25.7. The van der Waals surface area contributed by atoms with Crippen molar-refractivity contribution in [3.63, 3.8) is 0 Å². The van der Waals surface area contributed by atoms with Crippen molar-refractivity contribution in [3.05, 3.63) is 167 Å². The Bertz CT molecular complexity index is 2770. The van der Waals surface area contributed by atoms with Crippen molar-refractivity contribution < 1.29 is 38.1 Å². The van der Waals surface area contributed by atoms with Crippen LogP contribution in [0.3, 0.4) is 0 Å². The van der Waals surface area contributed by atoms with Crippen LogP contribution in [-0.2, 0) is 65.5 Å². The Morgan fingerprint density at radius 3 is 1.41 bits per heavy atom. The zero-order valence-corrected chi connectivity index (χ0v) is 43.2. The highest BCUT2D eigenvalue weighted by atomic mass is 16.5. The molecular formula is C58H70N8O8. The highest BCUT2D eigenvalue weighted by Crippen LogP contribution is 2.41. The highest BCUT2D eigenvalue weighted by molar-refractivity contribution is 5.89. The normalized spacial score (nSPS) is 16.1. The summed E-state index contributed by atoms with van der Waals surface area (Å²) >= 11 is 0.